The van der Waals surface area contributed by atoms with Crippen LogP contribution in [-0.4, -0.2) is 27.3 Å². The van der Waals surface area contributed by atoms with Crippen LogP contribution in [0.1, 0.15) is 87.4 Å². The summed E-state index contributed by atoms with van der Waals surface area (Å²) < 4.78 is 6.21. The van der Waals surface area contributed by atoms with Gasteiger partial charge in [-0.3, -0.25) is 0 Å². The number of phenols is 2. The quantitative estimate of drug-likeness (QED) is 0.390. The number of carbonyl (C=O) groups excluding carboxylic acids is 1. The molecule has 0 fully saturated rings. The highest BCUT2D eigenvalue weighted by atomic mass is 16.6. The number of rotatable bonds is 7. The normalized spacial score (nSPS) is 14.0. The first-order valence-electron chi connectivity index (χ1n) is 12.0. The van der Waals surface area contributed by atoms with Gasteiger partial charge in [-0.2, -0.15) is 0 Å². The second-order valence-electron chi connectivity index (χ2n) is 8.75. The summed E-state index contributed by atoms with van der Waals surface area (Å²) in [5, 5.41) is 32.0. The molecular formula is C29H30O6. The van der Waals surface area contributed by atoms with Gasteiger partial charge in [0.15, 0.2) is 5.60 Å². The van der Waals surface area contributed by atoms with Gasteiger partial charge in [-0.15, -0.1) is 0 Å². The number of hydrogen-bond acceptors (Lipinski definition) is 5. The Bertz CT molecular complexity index is 1280. The van der Waals surface area contributed by atoms with Crippen LogP contribution in [0.2, 0.25) is 0 Å². The first-order valence-corrected chi connectivity index (χ1v) is 12.0. The van der Waals surface area contributed by atoms with E-state index >= 15 is 0 Å². The van der Waals surface area contributed by atoms with Gasteiger partial charge >= 0.3 is 11.9 Å². The van der Waals surface area contributed by atoms with Crippen LogP contribution in [-0.2, 0) is 36.0 Å². The molecule has 0 aliphatic carbocycles. The number of aryl methyl sites for hydroxylation is 2. The zero-order valence-corrected chi connectivity index (χ0v) is 20.4. The molecule has 0 unspecified atom stereocenters. The molecule has 35 heavy (non-hydrogen) atoms. The van der Waals surface area contributed by atoms with Crippen molar-refractivity contribution in [2.24, 2.45) is 0 Å². The van der Waals surface area contributed by atoms with Crippen molar-refractivity contribution in [1.82, 2.24) is 0 Å². The number of phenolic OH excluding ortho intramolecular Hbond substituents is 2. The van der Waals surface area contributed by atoms with E-state index in [1.165, 1.54) is 18.2 Å². The number of ether oxygens (including phenoxy) is 1. The van der Waals surface area contributed by atoms with Crippen molar-refractivity contribution >= 4 is 11.9 Å². The van der Waals surface area contributed by atoms with Crippen molar-refractivity contribution in [3.8, 4) is 11.5 Å². The Balaban J connectivity index is 2.20. The van der Waals surface area contributed by atoms with E-state index in [0.717, 1.165) is 11.1 Å². The maximum atomic E-state index is 13.2. The summed E-state index contributed by atoms with van der Waals surface area (Å²) in [5.41, 5.74) is 3.03. The summed E-state index contributed by atoms with van der Waals surface area (Å²) in [4.78, 5) is 25.1. The van der Waals surface area contributed by atoms with Crippen molar-refractivity contribution < 1.29 is 29.6 Å². The molecule has 6 nitrogen and oxygen atoms in total. The summed E-state index contributed by atoms with van der Waals surface area (Å²) in [7, 11) is 0. The number of carbonyl (C=O) groups is 2. The van der Waals surface area contributed by atoms with E-state index in [-0.39, 0.29) is 22.6 Å². The fourth-order valence-electron chi connectivity index (χ4n) is 5.26. The number of benzene rings is 3. The van der Waals surface area contributed by atoms with E-state index in [9.17, 15) is 24.9 Å². The average Bonchev–Trinajstić information content (AvgIpc) is 3.15. The first kappa shape index (κ1) is 24.3. The Morgan fingerprint density at radius 3 is 1.71 bits per heavy atom. The molecule has 3 aromatic carbocycles. The molecule has 0 saturated carbocycles. The third-order valence-electron chi connectivity index (χ3n) is 7.07. The second kappa shape index (κ2) is 9.10. The fraction of sp³-hybridized carbons (Fsp3) is 0.310. The molecule has 3 aromatic rings. The van der Waals surface area contributed by atoms with Gasteiger partial charge in [0.25, 0.3) is 0 Å². The van der Waals surface area contributed by atoms with Crippen molar-refractivity contribution in [1.29, 1.82) is 0 Å². The van der Waals surface area contributed by atoms with Crippen molar-refractivity contribution in [3.05, 3.63) is 92.5 Å². The molecule has 0 radical (unpaired) electrons. The summed E-state index contributed by atoms with van der Waals surface area (Å²) >= 11 is 0. The minimum absolute atomic E-state index is 0.0197. The molecule has 3 N–H and O–H groups in total. The lowest BCUT2D eigenvalue weighted by molar-refractivity contribution is 0.0245. The molecule has 1 aliphatic rings. The van der Waals surface area contributed by atoms with Crippen molar-refractivity contribution in [2.45, 2.75) is 59.0 Å². The van der Waals surface area contributed by atoms with Gasteiger partial charge in [0, 0.05) is 27.8 Å². The Morgan fingerprint density at radius 1 is 0.771 bits per heavy atom. The average molecular weight is 475 g/mol. The molecule has 0 aromatic heterocycles. The third kappa shape index (κ3) is 3.55. The number of fused-ring (bicyclic) bond motifs is 1. The predicted octanol–water partition coefficient (Wildman–Crippen LogP) is 5.51. The van der Waals surface area contributed by atoms with Gasteiger partial charge in [0.05, 0.1) is 11.1 Å². The molecule has 0 atom stereocenters. The van der Waals surface area contributed by atoms with Crippen LogP contribution in [0.5, 0.6) is 11.5 Å². The minimum Gasteiger partial charge on any atom is -0.507 e. The lowest BCUT2D eigenvalue weighted by Gasteiger charge is -2.34. The Labute approximate surface area is 204 Å². The Hall–Kier alpha value is -3.80. The number of carboxylic acids is 1. The van der Waals surface area contributed by atoms with E-state index in [4.69, 9.17) is 4.74 Å². The number of hydrogen-bond donors (Lipinski definition) is 3. The van der Waals surface area contributed by atoms with Gasteiger partial charge in [-0.1, -0.05) is 52.0 Å². The van der Waals surface area contributed by atoms with E-state index in [0.29, 0.717) is 53.5 Å². The largest absolute Gasteiger partial charge is 0.507 e. The van der Waals surface area contributed by atoms with E-state index in [1.807, 2.05) is 52.0 Å². The highest BCUT2D eigenvalue weighted by molar-refractivity contribution is 5.99. The first-order chi connectivity index (χ1) is 16.7. The third-order valence-corrected chi connectivity index (χ3v) is 7.07. The summed E-state index contributed by atoms with van der Waals surface area (Å²) in [6.45, 7) is 7.72. The molecule has 6 heteroatoms. The maximum Gasteiger partial charge on any atom is 0.340 e. The van der Waals surface area contributed by atoms with Crippen molar-refractivity contribution in [2.75, 3.05) is 0 Å². The lowest BCUT2D eigenvalue weighted by atomic mass is 9.74. The maximum absolute atomic E-state index is 13.2. The van der Waals surface area contributed by atoms with Crippen LogP contribution in [0.15, 0.2) is 42.5 Å². The molecule has 182 valence electrons. The zero-order chi connectivity index (χ0) is 25.5. The van der Waals surface area contributed by atoms with Crippen molar-refractivity contribution in [3.63, 3.8) is 0 Å². The number of carboxylic acid groups (broad SMARTS) is 1. The highest BCUT2D eigenvalue weighted by Gasteiger charge is 2.51. The van der Waals surface area contributed by atoms with Gasteiger partial charge in [0.2, 0.25) is 0 Å². The number of cyclic esters (lactones) is 1. The molecule has 4 rings (SSSR count). The van der Waals surface area contributed by atoms with Crippen LogP contribution >= 0.6 is 0 Å². The van der Waals surface area contributed by atoms with Gasteiger partial charge < -0.3 is 20.1 Å². The van der Waals surface area contributed by atoms with Gasteiger partial charge in [0.1, 0.15) is 11.5 Å². The van der Waals surface area contributed by atoms with E-state index < -0.39 is 17.5 Å². The smallest absolute Gasteiger partial charge is 0.340 e. The van der Waals surface area contributed by atoms with Crippen LogP contribution in [0.25, 0.3) is 0 Å². The molecule has 0 saturated heterocycles. The summed E-state index contributed by atoms with van der Waals surface area (Å²) in [5.74, 6) is -1.43. The predicted molar refractivity (Wildman–Crippen MR) is 132 cm³/mol. The molecule has 0 spiro atoms. The zero-order valence-electron chi connectivity index (χ0n) is 20.4. The Morgan fingerprint density at radius 2 is 1.29 bits per heavy atom. The number of esters is 1. The monoisotopic (exact) mass is 474 g/mol. The SMILES string of the molecule is CCc1ccc(C2(c3ccc(CC)c(O)c3CC)OC(=O)c3ccc(C(=O)O)cc32)c(CC)c1O. The fourth-order valence-corrected chi connectivity index (χ4v) is 5.26. The highest BCUT2D eigenvalue weighted by Crippen LogP contribution is 2.52. The van der Waals surface area contributed by atoms with Crippen LogP contribution in [0, 0.1) is 0 Å². The molecule has 1 aliphatic heterocycles. The van der Waals surface area contributed by atoms with Crippen LogP contribution in [0.3, 0.4) is 0 Å². The molecule has 0 bridgehead atoms. The van der Waals surface area contributed by atoms with E-state index in [2.05, 4.69) is 0 Å². The topological polar surface area (TPSA) is 104 Å². The number of aromatic hydroxyl groups is 2. The second-order valence-corrected chi connectivity index (χ2v) is 8.75. The Kier molecular flexibility index (Phi) is 6.32. The number of aromatic carboxylic acids is 1. The van der Waals surface area contributed by atoms with Crippen LogP contribution < -0.4 is 0 Å². The lowest BCUT2D eigenvalue weighted by Crippen LogP contribution is -2.32. The van der Waals surface area contributed by atoms with Crippen LogP contribution in [0.4, 0.5) is 0 Å². The van der Waals surface area contributed by atoms with Gasteiger partial charge in [-0.05, 0) is 55.0 Å². The summed E-state index contributed by atoms with van der Waals surface area (Å²) in [6.07, 6.45) is 2.17. The van der Waals surface area contributed by atoms with E-state index in [1.54, 1.807) is 0 Å². The minimum atomic E-state index is -1.53. The summed E-state index contributed by atoms with van der Waals surface area (Å²) in [6, 6.07) is 11.6. The molecule has 0 amide bonds. The molecule has 1 heterocycles. The molecular weight excluding hydrogens is 444 g/mol. The standard InChI is InChI=1S/C29H30O6/c1-5-16-10-13-22(19(7-3)25(16)30)29(23-14-11-17(6-2)26(31)20(23)8-4)24-15-18(27(32)33)9-12-21(24)28(34)35-29/h9-15,30-31H,5-8H2,1-4H3,(H,32,33). The van der Waals surface area contributed by atoms with Gasteiger partial charge in [-0.25, -0.2) is 9.59 Å².